The smallest absolute Gasteiger partial charge is 0.348 e. The highest BCUT2D eigenvalue weighted by Gasteiger charge is 2.38. The Morgan fingerprint density at radius 3 is 2.55 bits per heavy atom. The van der Waals surface area contributed by atoms with E-state index in [-0.39, 0.29) is 6.54 Å². The number of carbonyl (C=O) groups is 1. The van der Waals surface area contributed by atoms with E-state index in [2.05, 4.69) is 12.6 Å². The van der Waals surface area contributed by atoms with Crippen molar-refractivity contribution < 1.29 is 18.0 Å². The van der Waals surface area contributed by atoms with Gasteiger partial charge in [-0.15, -0.1) is 12.6 Å². The summed E-state index contributed by atoms with van der Waals surface area (Å²) in [7, 11) is 0. The summed E-state index contributed by atoms with van der Waals surface area (Å²) in [4.78, 5) is 11.4. The van der Waals surface area contributed by atoms with E-state index in [0.717, 1.165) is 16.3 Å². The van der Waals surface area contributed by atoms with E-state index >= 15 is 0 Å². The molecule has 0 spiro atoms. The first-order valence-electron chi connectivity index (χ1n) is 5.94. The quantitative estimate of drug-likeness (QED) is 0.836. The molecule has 0 heterocycles. The predicted molar refractivity (Wildman–Crippen MR) is 74.0 cm³/mol. The maximum absolute atomic E-state index is 12.1. The maximum atomic E-state index is 12.1. The Hall–Kier alpha value is -1.69. The molecule has 0 saturated heterocycles. The van der Waals surface area contributed by atoms with Gasteiger partial charge >= 0.3 is 12.1 Å². The van der Waals surface area contributed by atoms with Crippen LogP contribution in [0.4, 0.5) is 13.2 Å². The first-order valence-corrected chi connectivity index (χ1v) is 6.39. The van der Waals surface area contributed by atoms with Crippen LogP contribution in [0.25, 0.3) is 10.8 Å². The largest absolute Gasteiger partial charge is 0.471 e. The molecule has 0 bridgehead atoms. The SMILES string of the molecule is O=C(NCCc1c(S)ccc2ccccc12)C(F)(F)F. The average Bonchev–Trinajstić information content (AvgIpc) is 2.40. The second-order valence-corrected chi connectivity index (χ2v) is 4.77. The number of halogens is 3. The zero-order valence-corrected chi connectivity index (χ0v) is 11.3. The van der Waals surface area contributed by atoms with Gasteiger partial charge in [0.15, 0.2) is 0 Å². The molecule has 0 aliphatic heterocycles. The summed E-state index contributed by atoms with van der Waals surface area (Å²) in [5, 5.41) is 3.79. The topological polar surface area (TPSA) is 29.1 Å². The van der Waals surface area contributed by atoms with Crippen molar-refractivity contribution in [2.24, 2.45) is 0 Å². The Bertz CT molecular complexity index is 640. The van der Waals surface area contributed by atoms with Crippen molar-refractivity contribution in [3.8, 4) is 0 Å². The molecule has 0 aliphatic rings. The Balaban J connectivity index is 2.14. The molecule has 0 radical (unpaired) electrons. The lowest BCUT2D eigenvalue weighted by Gasteiger charge is -2.11. The summed E-state index contributed by atoms with van der Waals surface area (Å²) < 4.78 is 36.2. The summed E-state index contributed by atoms with van der Waals surface area (Å²) >= 11 is 4.32. The Labute approximate surface area is 119 Å². The van der Waals surface area contributed by atoms with E-state index in [9.17, 15) is 18.0 Å². The second kappa shape index (κ2) is 5.75. The predicted octanol–water partition coefficient (Wildman–Crippen LogP) is 3.35. The molecule has 0 saturated carbocycles. The molecule has 1 amide bonds. The number of carbonyl (C=O) groups excluding carboxylic acids is 1. The van der Waals surface area contributed by atoms with Crippen LogP contribution in [0.1, 0.15) is 5.56 Å². The van der Waals surface area contributed by atoms with E-state index in [1.165, 1.54) is 0 Å². The van der Waals surface area contributed by atoms with Crippen LogP contribution in [0.2, 0.25) is 0 Å². The summed E-state index contributed by atoms with van der Waals surface area (Å²) in [6.07, 6.45) is -4.55. The summed E-state index contributed by atoms with van der Waals surface area (Å²) in [5.74, 6) is -1.92. The zero-order valence-electron chi connectivity index (χ0n) is 10.4. The molecule has 2 nitrogen and oxygen atoms in total. The van der Waals surface area contributed by atoms with Gasteiger partial charge in [0.05, 0.1) is 0 Å². The molecule has 2 rings (SSSR count). The average molecular weight is 299 g/mol. The molecule has 0 unspecified atom stereocenters. The van der Waals surface area contributed by atoms with Crippen molar-refractivity contribution in [3.05, 3.63) is 42.0 Å². The minimum atomic E-state index is -4.84. The number of rotatable bonds is 3. The van der Waals surface area contributed by atoms with Gasteiger partial charge in [0.2, 0.25) is 0 Å². The van der Waals surface area contributed by atoms with Gasteiger partial charge in [-0.2, -0.15) is 13.2 Å². The summed E-state index contributed by atoms with van der Waals surface area (Å²) in [6, 6.07) is 11.2. The number of nitrogens with one attached hydrogen (secondary N) is 1. The van der Waals surface area contributed by atoms with Crippen LogP contribution in [-0.2, 0) is 11.2 Å². The van der Waals surface area contributed by atoms with Gasteiger partial charge < -0.3 is 5.32 Å². The molecule has 2 aromatic rings. The van der Waals surface area contributed by atoms with Crippen LogP contribution < -0.4 is 5.32 Å². The number of benzene rings is 2. The van der Waals surface area contributed by atoms with E-state index in [1.54, 1.807) is 6.07 Å². The van der Waals surface area contributed by atoms with Gasteiger partial charge in [0, 0.05) is 11.4 Å². The van der Waals surface area contributed by atoms with Crippen molar-refractivity contribution in [2.45, 2.75) is 17.5 Å². The zero-order chi connectivity index (χ0) is 14.8. The molecule has 0 aliphatic carbocycles. The van der Waals surface area contributed by atoms with Crippen LogP contribution in [0.15, 0.2) is 41.3 Å². The molecule has 106 valence electrons. The molecule has 0 aromatic heterocycles. The number of fused-ring (bicyclic) bond motifs is 1. The normalized spacial score (nSPS) is 11.6. The third-order valence-corrected chi connectivity index (χ3v) is 3.35. The Morgan fingerprint density at radius 1 is 1.15 bits per heavy atom. The van der Waals surface area contributed by atoms with Crippen molar-refractivity contribution in [1.29, 1.82) is 0 Å². The highest BCUT2D eigenvalue weighted by Crippen LogP contribution is 2.25. The third-order valence-electron chi connectivity index (χ3n) is 2.93. The highest BCUT2D eigenvalue weighted by molar-refractivity contribution is 7.80. The lowest BCUT2D eigenvalue weighted by molar-refractivity contribution is -0.173. The van der Waals surface area contributed by atoms with Gasteiger partial charge in [0.1, 0.15) is 0 Å². The lowest BCUT2D eigenvalue weighted by Crippen LogP contribution is -2.37. The molecule has 20 heavy (non-hydrogen) atoms. The molecule has 0 fully saturated rings. The third kappa shape index (κ3) is 3.25. The van der Waals surface area contributed by atoms with Gasteiger partial charge in [-0.1, -0.05) is 30.3 Å². The lowest BCUT2D eigenvalue weighted by atomic mass is 10.0. The number of amides is 1. The number of hydrogen-bond acceptors (Lipinski definition) is 2. The fourth-order valence-electron chi connectivity index (χ4n) is 1.99. The fourth-order valence-corrected chi connectivity index (χ4v) is 2.30. The molecular formula is C14H12F3NOS. The van der Waals surface area contributed by atoms with Crippen LogP contribution in [0, 0.1) is 0 Å². The molecule has 2 aromatic carbocycles. The summed E-state index contributed by atoms with van der Waals surface area (Å²) in [5.41, 5.74) is 0.828. The second-order valence-electron chi connectivity index (χ2n) is 4.29. The monoisotopic (exact) mass is 299 g/mol. The van der Waals surface area contributed by atoms with E-state index in [4.69, 9.17) is 0 Å². The van der Waals surface area contributed by atoms with Gasteiger partial charge in [-0.3, -0.25) is 4.79 Å². The van der Waals surface area contributed by atoms with Crippen molar-refractivity contribution in [2.75, 3.05) is 6.54 Å². The first-order chi connectivity index (χ1) is 9.39. The van der Waals surface area contributed by atoms with E-state index in [0.29, 0.717) is 11.3 Å². The summed E-state index contributed by atoms with van der Waals surface area (Å²) in [6.45, 7) is -0.0834. The molecular weight excluding hydrogens is 287 g/mol. The van der Waals surface area contributed by atoms with Crippen molar-refractivity contribution in [3.63, 3.8) is 0 Å². The van der Waals surface area contributed by atoms with E-state index < -0.39 is 12.1 Å². The van der Waals surface area contributed by atoms with Crippen LogP contribution in [0.5, 0.6) is 0 Å². The molecule has 6 heteroatoms. The molecule has 1 N–H and O–H groups in total. The number of alkyl halides is 3. The number of hydrogen-bond donors (Lipinski definition) is 2. The van der Waals surface area contributed by atoms with Crippen molar-refractivity contribution in [1.82, 2.24) is 5.32 Å². The van der Waals surface area contributed by atoms with Gasteiger partial charge in [-0.25, -0.2) is 0 Å². The minimum Gasteiger partial charge on any atom is -0.348 e. The minimum absolute atomic E-state index is 0.0834. The number of thiol groups is 1. The Morgan fingerprint density at radius 2 is 1.85 bits per heavy atom. The fraction of sp³-hybridized carbons (Fsp3) is 0.214. The van der Waals surface area contributed by atoms with Crippen LogP contribution in [-0.4, -0.2) is 18.6 Å². The van der Waals surface area contributed by atoms with E-state index in [1.807, 2.05) is 35.6 Å². The van der Waals surface area contributed by atoms with Gasteiger partial charge in [-0.05, 0) is 28.8 Å². The standard InChI is InChI=1S/C14H12F3NOS/c15-14(16,17)13(19)18-8-7-11-10-4-2-1-3-9(10)5-6-12(11)20/h1-6,20H,7-8H2,(H,18,19). The van der Waals surface area contributed by atoms with Crippen LogP contribution in [0.3, 0.4) is 0 Å². The van der Waals surface area contributed by atoms with Crippen molar-refractivity contribution >= 4 is 29.3 Å². The highest BCUT2D eigenvalue weighted by atomic mass is 32.1. The molecule has 0 atom stereocenters. The maximum Gasteiger partial charge on any atom is 0.471 e. The van der Waals surface area contributed by atoms with Crippen LogP contribution >= 0.6 is 12.6 Å². The Kier molecular flexibility index (Phi) is 4.23. The van der Waals surface area contributed by atoms with Gasteiger partial charge in [0.25, 0.3) is 0 Å². The first kappa shape index (κ1) is 14.7.